The minimum atomic E-state index is -1.18. The first kappa shape index (κ1) is 15.9. The van der Waals surface area contributed by atoms with Gasteiger partial charge in [-0.3, -0.25) is 4.79 Å². The number of hydrogen-bond acceptors (Lipinski definition) is 3. The Morgan fingerprint density at radius 2 is 1.96 bits per heavy atom. The van der Waals surface area contributed by atoms with Gasteiger partial charge in [0.25, 0.3) is 5.91 Å². The first-order valence-corrected chi connectivity index (χ1v) is 7.89. The normalized spacial score (nSPS) is 18.6. The lowest BCUT2D eigenvalue weighted by Crippen LogP contribution is -2.35. The lowest BCUT2D eigenvalue weighted by molar-refractivity contribution is 0.0696. The van der Waals surface area contributed by atoms with Crippen LogP contribution in [0.1, 0.15) is 40.0 Å². The molecule has 1 amide bonds. The maximum atomic E-state index is 12.9. The summed E-state index contributed by atoms with van der Waals surface area (Å²) in [6.45, 7) is 1.19. The molecule has 0 bridgehead atoms. The van der Waals surface area contributed by atoms with Crippen molar-refractivity contribution in [1.82, 2.24) is 4.90 Å². The van der Waals surface area contributed by atoms with Crippen LogP contribution in [-0.4, -0.2) is 42.1 Å². The Kier molecular flexibility index (Phi) is 4.06. The predicted molar refractivity (Wildman–Crippen MR) is 86.3 cm³/mol. The summed E-state index contributed by atoms with van der Waals surface area (Å²) in [6.07, 6.45) is 7.33. The Labute approximate surface area is 139 Å². The van der Waals surface area contributed by atoms with Gasteiger partial charge in [0.05, 0.1) is 23.3 Å². The van der Waals surface area contributed by atoms with Crippen LogP contribution in [0.5, 0.6) is 5.75 Å². The van der Waals surface area contributed by atoms with E-state index in [1.807, 2.05) is 6.08 Å². The number of carbonyl (C=O) groups excluding carboxylic acids is 1. The van der Waals surface area contributed by atoms with E-state index >= 15 is 0 Å². The van der Waals surface area contributed by atoms with E-state index in [1.165, 1.54) is 19.2 Å². The minimum Gasteiger partial charge on any atom is -0.497 e. The zero-order chi connectivity index (χ0) is 16.6. The van der Waals surface area contributed by atoms with Crippen LogP contribution in [0.3, 0.4) is 0 Å². The zero-order valence-corrected chi connectivity index (χ0v) is 13.6. The summed E-state index contributed by atoms with van der Waals surface area (Å²) in [5.74, 6) is -1.13. The summed E-state index contributed by atoms with van der Waals surface area (Å²) in [5, 5.41) is 9.22. The van der Waals surface area contributed by atoms with Crippen LogP contribution in [0.25, 0.3) is 0 Å². The van der Waals surface area contributed by atoms with Crippen LogP contribution in [0.15, 0.2) is 24.3 Å². The molecule has 3 rings (SSSR count). The number of carboxylic acid groups (broad SMARTS) is 1. The highest BCUT2D eigenvalue weighted by molar-refractivity contribution is 6.36. The number of ether oxygens (including phenoxy) is 1. The standard InChI is InChI=1S/C17H18ClNO4/c1-23-11-8-12(14(18)13(9-11)16(21)22)15(20)19-7-3-2-4-17(10-19)5-6-17/h2-3,8-9H,4-7,10H2,1H3,(H,21,22). The monoisotopic (exact) mass is 335 g/mol. The van der Waals surface area contributed by atoms with Gasteiger partial charge < -0.3 is 14.7 Å². The van der Waals surface area contributed by atoms with Crippen molar-refractivity contribution >= 4 is 23.5 Å². The smallest absolute Gasteiger partial charge is 0.337 e. The second-order valence-corrected chi connectivity index (χ2v) is 6.58. The third-order valence-corrected chi connectivity index (χ3v) is 4.96. The number of hydrogen-bond donors (Lipinski definition) is 1. The maximum Gasteiger partial charge on any atom is 0.337 e. The largest absolute Gasteiger partial charge is 0.497 e. The lowest BCUT2D eigenvalue weighted by Gasteiger charge is -2.25. The maximum absolute atomic E-state index is 12.9. The van der Waals surface area contributed by atoms with Gasteiger partial charge in [0.1, 0.15) is 5.75 Å². The van der Waals surface area contributed by atoms with Gasteiger partial charge in [0.2, 0.25) is 0 Å². The fourth-order valence-corrected chi connectivity index (χ4v) is 3.23. The molecule has 5 nitrogen and oxygen atoms in total. The van der Waals surface area contributed by atoms with Gasteiger partial charge in [0.15, 0.2) is 0 Å². The number of amides is 1. The lowest BCUT2D eigenvalue weighted by atomic mass is 10.0. The van der Waals surface area contributed by atoms with Gasteiger partial charge in [-0.15, -0.1) is 0 Å². The summed E-state index contributed by atoms with van der Waals surface area (Å²) in [7, 11) is 1.43. The SMILES string of the molecule is COc1cc(C(=O)O)c(Cl)c(C(=O)N2CC=CCC3(CC3)C2)c1. The van der Waals surface area contributed by atoms with Crippen molar-refractivity contribution in [2.24, 2.45) is 5.41 Å². The molecule has 1 aliphatic carbocycles. The second-order valence-electron chi connectivity index (χ2n) is 6.20. The van der Waals surface area contributed by atoms with Crippen LogP contribution in [-0.2, 0) is 0 Å². The summed E-state index contributed by atoms with van der Waals surface area (Å²) in [6, 6.07) is 2.83. The van der Waals surface area contributed by atoms with E-state index in [0.717, 1.165) is 19.3 Å². The molecule has 6 heteroatoms. The first-order chi connectivity index (χ1) is 11.0. The van der Waals surface area contributed by atoms with Crippen LogP contribution in [0.4, 0.5) is 0 Å². The molecule has 0 radical (unpaired) electrons. The van der Waals surface area contributed by atoms with Crippen molar-refractivity contribution in [1.29, 1.82) is 0 Å². The minimum absolute atomic E-state index is 0.0404. The molecule has 2 aliphatic rings. The number of aromatic carboxylic acids is 1. The number of methoxy groups -OCH3 is 1. The summed E-state index contributed by atoms with van der Waals surface area (Å²) in [5.41, 5.74) is 0.249. The Bertz CT molecular complexity index is 694. The molecule has 0 unspecified atom stereocenters. The molecule has 0 saturated heterocycles. The van der Waals surface area contributed by atoms with Gasteiger partial charge in [0, 0.05) is 13.1 Å². The molecule has 1 heterocycles. The quantitative estimate of drug-likeness (QED) is 0.861. The number of allylic oxidation sites excluding steroid dienone is 1. The van der Waals surface area contributed by atoms with Crippen molar-refractivity contribution in [3.8, 4) is 5.75 Å². The summed E-state index contributed by atoms with van der Waals surface area (Å²) >= 11 is 6.17. The Morgan fingerprint density at radius 1 is 1.26 bits per heavy atom. The Morgan fingerprint density at radius 3 is 2.57 bits per heavy atom. The van der Waals surface area contributed by atoms with E-state index in [2.05, 4.69) is 6.08 Å². The first-order valence-electron chi connectivity index (χ1n) is 7.51. The predicted octanol–water partition coefficient (Wildman–Crippen LogP) is 3.23. The highest BCUT2D eigenvalue weighted by Crippen LogP contribution is 2.50. The number of benzene rings is 1. The van der Waals surface area contributed by atoms with Crippen molar-refractivity contribution in [3.05, 3.63) is 40.4 Å². The highest BCUT2D eigenvalue weighted by atomic mass is 35.5. The molecule has 0 aromatic heterocycles. The van der Waals surface area contributed by atoms with E-state index in [0.29, 0.717) is 18.8 Å². The molecule has 1 aromatic rings. The molecule has 1 aliphatic heterocycles. The fraction of sp³-hybridized carbons (Fsp3) is 0.412. The van der Waals surface area contributed by atoms with Crippen LogP contribution < -0.4 is 4.74 Å². The van der Waals surface area contributed by atoms with Gasteiger partial charge in [-0.25, -0.2) is 4.79 Å². The van der Waals surface area contributed by atoms with Crippen LogP contribution >= 0.6 is 11.6 Å². The van der Waals surface area contributed by atoms with E-state index in [-0.39, 0.29) is 27.5 Å². The number of carbonyl (C=O) groups is 2. The van der Waals surface area contributed by atoms with Crippen molar-refractivity contribution in [2.45, 2.75) is 19.3 Å². The van der Waals surface area contributed by atoms with E-state index in [9.17, 15) is 14.7 Å². The van der Waals surface area contributed by atoms with Crippen LogP contribution in [0.2, 0.25) is 5.02 Å². The average Bonchev–Trinajstić information content (AvgIpc) is 3.33. The van der Waals surface area contributed by atoms with Crippen LogP contribution in [0, 0.1) is 5.41 Å². The van der Waals surface area contributed by atoms with Crippen molar-refractivity contribution < 1.29 is 19.4 Å². The molecule has 1 aromatic carbocycles. The molecule has 1 spiro atoms. The van der Waals surface area contributed by atoms with Gasteiger partial charge in [-0.05, 0) is 36.8 Å². The molecular formula is C17H18ClNO4. The molecular weight excluding hydrogens is 318 g/mol. The molecule has 23 heavy (non-hydrogen) atoms. The third kappa shape index (κ3) is 3.06. The molecule has 1 fully saturated rings. The molecule has 1 N–H and O–H groups in total. The molecule has 0 atom stereocenters. The summed E-state index contributed by atoms with van der Waals surface area (Å²) < 4.78 is 5.11. The number of halogens is 1. The zero-order valence-electron chi connectivity index (χ0n) is 12.8. The number of rotatable bonds is 3. The van der Waals surface area contributed by atoms with E-state index < -0.39 is 5.97 Å². The summed E-state index contributed by atoms with van der Waals surface area (Å²) in [4.78, 5) is 26.0. The van der Waals surface area contributed by atoms with Crippen molar-refractivity contribution in [3.63, 3.8) is 0 Å². The Balaban J connectivity index is 1.96. The highest BCUT2D eigenvalue weighted by Gasteiger charge is 2.44. The topological polar surface area (TPSA) is 66.8 Å². The number of nitrogens with zero attached hydrogens (tertiary/aromatic N) is 1. The van der Waals surface area contributed by atoms with Gasteiger partial charge in [-0.2, -0.15) is 0 Å². The average molecular weight is 336 g/mol. The van der Waals surface area contributed by atoms with E-state index in [1.54, 1.807) is 4.90 Å². The molecule has 1 saturated carbocycles. The van der Waals surface area contributed by atoms with Gasteiger partial charge in [-0.1, -0.05) is 23.8 Å². The Hall–Kier alpha value is -2.01. The van der Waals surface area contributed by atoms with Crippen molar-refractivity contribution in [2.75, 3.05) is 20.2 Å². The molecule has 122 valence electrons. The van der Waals surface area contributed by atoms with Gasteiger partial charge >= 0.3 is 5.97 Å². The second kappa shape index (κ2) is 5.89. The third-order valence-electron chi connectivity index (χ3n) is 4.56. The number of carboxylic acids is 1. The fourth-order valence-electron chi connectivity index (χ4n) is 2.96. The van der Waals surface area contributed by atoms with E-state index in [4.69, 9.17) is 16.3 Å².